The van der Waals surface area contributed by atoms with Gasteiger partial charge >= 0.3 is 20.8 Å². The molecule has 29 nitrogen and oxygen atoms in total. The molecule has 9 N–H and O–H groups in total. The van der Waals surface area contributed by atoms with Crippen LogP contribution in [0.25, 0.3) is 0 Å². The zero-order chi connectivity index (χ0) is 49.1. The van der Waals surface area contributed by atoms with E-state index in [0.29, 0.717) is 36.4 Å². The molecule has 354 valence electrons. The zero-order valence-corrected chi connectivity index (χ0v) is 37.2. The van der Waals surface area contributed by atoms with E-state index in [4.69, 9.17) is 20.6 Å². The molecule has 0 bridgehead atoms. The Bertz CT molecular complexity index is 3460. The van der Waals surface area contributed by atoms with Gasteiger partial charge in [0.05, 0.1) is 51.6 Å². The summed E-state index contributed by atoms with van der Waals surface area (Å²) < 4.78 is 236. The third-order valence-electron chi connectivity index (χ3n) is 7.63. The Balaban J connectivity index is 1.74. The molecule has 0 atom stereocenters. The molecule has 0 spiro atoms. The summed E-state index contributed by atoms with van der Waals surface area (Å²) in [5.41, 5.74) is 5.31. The Hall–Kier alpha value is -5.42. The van der Waals surface area contributed by atoms with Crippen molar-refractivity contribution in [2.24, 2.45) is 30.7 Å². The van der Waals surface area contributed by atoms with E-state index in [-0.39, 0.29) is 10.6 Å². The number of benzene rings is 4. The SMILES string of the molecule is Nc1c(N=Nc2ccc(S(=O)(=O)CCOS(=O)(=O)O)cc2S(=O)(=O)O)cc(S(=O)(=O)O)c(N)c1N=Nc1cc(F)c(N=Nc2ccc(S(=O)(=O)CCOS(=O)(=O)O)cc2)cc1S(=O)(=O)O. The molecule has 0 heterocycles. The summed E-state index contributed by atoms with van der Waals surface area (Å²) in [6.07, 6.45) is 0. The smallest absolute Gasteiger partial charge is 0.396 e. The number of nitrogens with zero attached hydrogens (tertiary/aromatic N) is 6. The van der Waals surface area contributed by atoms with Crippen LogP contribution in [-0.4, -0.2) is 106 Å². The van der Waals surface area contributed by atoms with Gasteiger partial charge in [-0.25, -0.2) is 29.6 Å². The molecular weight excluding hydrogens is 1030 g/mol. The molecule has 0 aliphatic heterocycles. The second-order valence-electron chi connectivity index (χ2n) is 12.1. The summed E-state index contributed by atoms with van der Waals surface area (Å²) >= 11 is 0. The van der Waals surface area contributed by atoms with Gasteiger partial charge in [0, 0.05) is 6.07 Å². The number of sulfone groups is 2. The maximum atomic E-state index is 15.3. The predicted octanol–water partition coefficient (Wildman–Crippen LogP) is 3.16. The first-order valence-electron chi connectivity index (χ1n) is 16.3. The van der Waals surface area contributed by atoms with Gasteiger partial charge in [-0.15, -0.1) is 25.6 Å². The number of anilines is 2. The molecule has 0 fully saturated rings. The van der Waals surface area contributed by atoms with Gasteiger partial charge in [-0.05, 0) is 54.6 Å². The van der Waals surface area contributed by atoms with Gasteiger partial charge in [-0.2, -0.15) is 47.2 Å². The molecule has 0 aromatic heterocycles. The highest BCUT2D eigenvalue weighted by Gasteiger charge is 2.26. The second-order valence-corrected chi connectivity index (χ2v) is 22.7. The highest BCUT2D eigenvalue weighted by Crippen LogP contribution is 2.44. The van der Waals surface area contributed by atoms with Crippen molar-refractivity contribution >= 4 is 116 Å². The van der Waals surface area contributed by atoms with Crippen molar-refractivity contribution in [2.75, 3.05) is 36.2 Å². The Morgan fingerprint density at radius 1 is 0.462 bits per heavy atom. The minimum absolute atomic E-state index is 0.159. The summed E-state index contributed by atoms with van der Waals surface area (Å²) in [6, 6.07) is 6.93. The molecule has 0 saturated carbocycles. The van der Waals surface area contributed by atoms with Gasteiger partial charge in [-0.3, -0.25) is 22.8 Å². The van der Waals surface area contributed by atoms with Crippen LogP contribution in [0.5, 0.6) is 0 Å². The quantitative estimate of drug-likeness (QED) is 0.0403. The number of nitrogen functional groups attached to an aromatic ring is 2. The lowest BCUT2D eigenvalue weighted by Crippen LogP contribution is -2.16. The summed E-state index contributed by atoms with van der Waals surface area (Å²) in [6.45, 7) is -2.05. The van der Waals surface area contributed by atoms with Crippen molar-refractivity contribution in [1.29, 1.82) is 0 Å². The summed E-state index contributed by atoms with van der Waals surface area (Å²) in [5, 5.41) is 21.3. The number of azo groups is 3. The lowest BCUT2D eigenvalue weighted by atomic mass is 10.2. The van der Waals surface area contributed by atoms with Crippen molar-refractivity contribution in [3.8, 4) is 0 Å². The van der Waals surface area contributed by atoms with E-state index in [1.165, 1.54) is 0 Å². The van der Waals surface area contributed by atoms with E-state index in [1.807, 2.05) is 0 Å². The van der Waals surface area contributed by atoms with Crippen LogP contribution < -0.4 is 11.5 Å². The molecule has 0 aliphatic rings. The van der Waals surface area contributed by atoms with Crippen molar-refractivity contribution in [3.63, 3.8) is 0 Å². The topological polar surface area (TPSA) is 485 Å². The van der Waals surface area contributed by atoms with Crippen molar-refractivity contribution in [2.45, 2.75) is 24.5 Å². The first kappa shape index (κ1) is 52.2. The first-order valence-corrected chi connectivity index (χ1v) is 26.6. The molecular formula is C28H27FN8O21S7. The molecule has 4 aromatic rings. The lowest BCUT2D eigenvalue weighted by Gasteiger charge is -2.11. The maximum absolute atomic E-state index is 15.3. The molecule has 37 heteroatoms. The maximum Gasteiger partial charge on any atom is 0.397 e. The highest BCUT2D eigenvalue weighted by molar-refractivity contribution is 7.92. The van der Waals surface area contributed by atoms with E-state index in [9.17, 15) is 72.6 Å². The Morgan fingerprint density at radius 2 is 0.892 bits per heavy atom. The molecule has 0 unspecified atom stereocenters. The van der Waals surface area contributed by atoms with Crippen LogP contribution in [0.3, 0.4) is 0 Å². The van der Waals surface area contributed by atoms with Gasteiger partial charge in [0.15, 0.2) is 25.5 Å². The second kappa shape index (κ2) is 19.2. The van der Waals surface area contributed by atoms with Crippen molar-refractivity contribution in [3.05, 3.63) is 66.5 Å². The van der Waals surface area contributed by atoms with Crippen LogP contribution in [0, 0.1) is 5.82 Å². The first-order chi connectivity index (χ1) is 29.6. The van der Waals surface area contributed by atoms with Crippen LogP contribution in [0.15, 0.2) is 116 Å². The third kappa shape index (κ3) is 14.3. The van der Waals surface area contributed by atoms with E-state index in [1.54, 1.807) is 0 Å². The number of halogens is 1. The largest absolute Gasteiger partial charge is 0.397 e. The van der Waals surface area contributed by atoms with Gasteiger partial charge < -0.3 is 11.5 Å². The monoisotopic (exact) mass is 1050 g/mol. The number of nitrogens with two attached hydrogens (primary N) is 2. The van der Waals surface area contributed by atoms with Gasteiger partial charge in [-0.1, -0.05) is 0 Å². The van der Waals surface area contributed by atoms with E-state index in [0.717, 1.165) is 24.3 Å². The van der Waals surface area contributed by atoms with Crippen LogP contribution in [0.2, 0.25) is 0 Å². The molecule has 0 aliphatic carbocycles. The van der Waals surface area contributed by atoms with E-state index < -0.39 is 161 Å². The van der Waals surface area contributed by atoms with Crippen LogP contribution >= 0.6 is 0 Å². The van der Waals surface area contributed by atoms with E-state index >= 15 is 4.39 Å². The van der Waals surface area contributed by atoms with Gasteiger partial charge in [0.1, 0.15) is 43.1 Å². The zero-order valence-electron chi connectivity index (χ0n) is 31.4. The minimum atomic E-state index is -5.38. The Kier molecular flexibility index (Phi) is 15.4. The molecule has 0 radical (unpaired) electrons. The van der Waals surface area contributed by atoms with Crippen LogP contribution in [-0.2, 0) is 79.2 Å². The number of hydrogen-bond acceptors (Lipinski definition) is 24. The summed E-state index contributed by atoms with van der Waals surface area (Å²) in [4.78, 5) is -4.92. The fraction of sp³-hybridized carbons (Fsp3) is 0.143. The van der Waals surface area contributed by atoms with Crippen molar-refractivity contribution in [1.82, 2.24) is 0 Å². The highest BCUT2D eigenvalue weighted by atomic mass is 32.3. The lowest BCUT2D eigenvalue weighted by molar-refractivity contribution is 0.282. The average molecular weight is 1060 g/mol. The Morgan fingerprint density at radius 3 is 1.40 bits per heavy atom. The summed E-state index contributed by atoms with van der Waals surface area (Å²) in [5.74, 6) is -3.42. The molecule has 4 rings (SSSR count). The standard InChI is InChI=1S/C28H27FN8O21S7/c29-18-12-21(24(62(45,46)47)13-20(18)34-32-15-1-3-16(4-2-15)59(38,39)9-7-57-64(51,52)53)35-37-28-26(30)22(14-25(27(28)31)63(48,49)50)36-33-19-6-5-17(11-23(19)61(42,43)44)60(40,41)10-8-58-65(54,55)56/h1-6,11-14H,7-10,30-31H2,(H,42,43,44)(H,45,46,47)(H,48,49,50)(H,51,52,53)(H,54,55,56). The van der Waals surface area contributed by atoms with Crippen molar-refractivity contribution < 1.29 is 94.4 Å². The number of hydrogen-bond donors (Lipinski definition) is 7. The van der Waals surface area contributed by atoms with Crippen LogP contribution in [0.1, 0.15) is 0 Å². The average Bonchev–Trinajstić information content (AvgIpc) is 3.14. The van der Waals surface area contributed by atoms with Gasteiger partial charge in [0.25, 0.3) is 30.4 Å². The molecule has 0 amide bonds. The predicted molar refractivity (Wildman–Crippen MR) is 216 cm³/mol. The van der Waals surface area contributed by atoms with Gasteiger partial charge in [0.2, 0.25) is 0 Å². The summed E-state index contributed by atoms with van der Waals surface area (Å²) in [7, 11) is -34.8. The Labute approximate surface area is 366 Å². The molecule has 65 heavy (non-hydrogen) atoms. The molecule has 0 saturated heterocycles. The van der Waals surface area contributed by atoms with Crippen LogP contribution in [0.4, 0.5) is 49.9 Å². The third-order valence-corrected chi connectivity index (χ3v) is 14.6. The minimum Gasteiger partial charge on any atom is -0.396 e. The fourth-order valence-corrected chi connectivity index (χ4v) is 9.70. The number of rotatable bonds is 19. The van der Waals surface area contributed by atoms with E-state index in [2.05, 4.69) is 39.1 Å². The normalized spacial score (nSPS) is 13.6. The molecule has 4 aromatic carbocycles. The fourth-order valence-electron chi connectivity index (χ4n) is 4.71.